The molecule has 3 aromatic rings. The highest BCUT2D eigenvalue weighted by Crippen LogP contribution is 2.22. The Bertz CT molecular complexity index is 721. The van der Waals surface area contributed by atoms with E-state index in [2.05, 4.69) is 4.98 Å². The van der Waals surface area contributed by atoms with Crippen molar-refractivity contribution in [3.8, 4) is 0 Å². The number of hydrogen-bond acceptors (Lipinski definition) is 5. The smallest absolute Gasteiger partial charge is 0.340 e. The number of para-hydroxylation sites is 1. The van der Waals surface area contributed by atoms with E-state index in [9.17, 15) is 9.90 Å². The number of aromatic nitrogens is 1. The first-order chi connectivity index (χ1) is 10.2. The zero-order valence-corrected chi connectivity index (χ0v) is 11.9. The molecule has 106 valence electrons. The Morgan fingerprint density at radius 2 is 1.86 bits per heavy atom. The molecule has 1 unspecified atom stereocenters. The summed E-state index contributed by atoms with van der Waals surface area (Å²) in [4.78, 5) is 16.2. The van der Waals surface area contributed by atoms with Crippen molar-refractivity contribution in [3.05, 3.63) is 65.2 Å². The Hall–Kier alpha value is -2.24. The third-order valence-corrected chi connectivity index (χ3v) is 4.02. The highest BCUT2D eigenvalue weighted by molar-refractivity contribution is 7.18. The van der Waals surface area contributed by atoms with E-state index in [0.29, 0.717) is 10.6 Å². The van der Waals surface area contributed by atoms with Gasteiger partial charge in [-0.25, -0.2) is 9.78 Å². The highest BCUT2D eigenvalue weighted by Gasteiger charge is 2.19. The lowest BCUT2D eigenvalue weighted by molar-refractivity contribution is -0.155. The number of carbonyl (C=O) groups excluding carboxylic acids is 1. The van der Waals surface area contributed by atoms with Gasteiger partial charge in [0.2, 0.25) is 0 Å². The summed E-state index contributed by atoms with van der Waals surface area (Å²) in [6.07, 6.45) is -1.26. The number of nitrogens with zero attached hydrogens (tertiary/aromatic N) is 1. The molecule has 1 N–H and O–H groups in total. The normalized spacial score (nSPS) is 12.2. The number of carbonyl (C=O) groups is 1. The Morgan fingerprint density at radius 3 is 2.62 bits per heavy atom. The maximum atomic E-state index is 11.8. The van der Waals surface area contributed by atoms with Gasteiger partial charge in [0, 0.05) is 0 Å². The quantitative estimate of drug-likeness (QED) is 0.752. The molecule has 0 saturated carbocycles. The summed E-state index contributed by atoms with van der Waals surface area (Å²) in [6, 6.07) is 16.5. The summed E-state index contributed by atoms with van der Waals surface area (Å²) in [7, 11) is 0. The fraction of sp³-hybridized carbons (Fsp3) is 0.125. The maximum absolute atomic E-state index is 11.8. The van der Waals surface area contributed by atoms with E-state index in [1.54, 1.807) is 24.3 Å². The summed E-state index contributed by atoms with van der Waals surface area (Å²) >= 11 is 1.48. The number of benzene rings is 2. The first-order valence-electron chi connectivity index (χ1n) is 6.48. The van der Waals surface area contributed by atoms with Crippen LogP contribution in [0.4, 0.5) is 0 Å². The van der Waals surface area contributed by atoms with E-state index in [1.807, 2.05) is 30.3 Å². The molecular formula is C16H13NO3S. The average Bonchev–Trinajstić information content (AvgIpc) is 2.95. The molecule has 21 heavy (non-hydrogen) atoms. The Balaban J connectivity index is 1.65. The first kappa shape index (κ1) is 13.7. The molecule has 0 bridgehead atoms. The average molecular weight is 299 g/mol. The third kappa shape index (κ3) is 3.09. The number of rotatable bonds is 4. The molecule has 0 aliphatic rings. The standard InChI is InChI=1S/C16H13NO3S/c18-15(11-6-2-1-3-7-11)16(19)20-10-14-17-12-8-4-5-9-13(12)21-14/h1-9,15,18H,10H2. The van der Waals surface area contributed by atoms with Crippen molar-refractivity contribution in [2.75, 3.05) is 0 Å². The van der Waals surface area contributed by atoms with Crippen LogP contribution >= 0.6 is 11.3 Å². The van der Waals surface area contributed by atoms with Gasteiger partial charge in [0.1, 0.15) is 11.6 Å². The van der Waals surface area contributed by atoms with Gasteiger partial charge < -0.3 is 9.84 Å². The number of ether oxygens (including phenoxy) is 1. The molecule has 0 fully saturated rings. The van der Waals surface area contributed by atoms with Crippen molar-refractivity contribution >= 4 is 27.5 Å². The van der Waals surface area contributed by atoms with E-state index in [-0.39, 0.29) is 6.61 Å². The van der Waals surface area contributed by atoms with Crippen LogP contribution in [0.15, 0.2) is 54.6 Å². The second-order valence-electron chi connectivity index (χ2n) is 4.50. The lowest BCUT2D eigenvalue weighted by atomic mass is 10.1. The maximum Gasteiger partial charge on any atom is 0.340 e. The van der Waals surface area contributed by atoms with E-state index in [0.717, 1.165) is 10.2 Å². The lowest BCUT2D eigenvalue weighted by Crippen LogP contribution is -2.15. The summed E-state index contributed by atoms with van der Waals surface area (Å²) in [5.74, 6) is -0.666. The Labute approximate surface area is 125 Å². The number of aliphatic hydroxyl groups is 1. The Morgan fingerprint density at radius 1 is 1.14 bits per heavy atom. The van der Waals surface area contributed by atoms with Crippen molar-refractivity contribution in [2.45, 2.75) is 12.7 Å². The van der Waals surface area contributed by atoms with Gasteiger partial charge in [0.25, 0.3) is 0 Å². The number of fused-ring (bicyclic) bond motifs is 1. The minimum absolute atomic E-state index is 0.0715. The predicted octanol–water partition coefficient (Wildman–Crippen LogP) is 3.07. The van der Waals surface area contributed by atoms with Crippen molar-refractivity contribution in [3.63, 3.8) is 0 Å². The fourth-order valence-electron chi connectivity index (χ4n) is 1.96. The topological polar surface area (TPSA) is 59.4 Å². The van der Waals surface area contributed by atoms with Crippen molar-refractivity contribution in [2.24, 2.45) is 0 Å². The predicted molar refractivity (Wildman–Crippen MR) is 80.8 cm³/mol. The molecule has 1 atom stereocenters. The number of esters is 1. The van der Waals surface area contributed by atoms with E-state index in [4.69, 9.17) is 4.74 Å². The van der Waals surface area contributed by atoms with E-state index < -0.39 is 12.1 Å². The fourth-order valence-corrected chi connectivity index (χ4v) is 2.85. The zero-order valence-electron chi connectivity index (χ0n) is 11.1. The van der Waals surface area contributed by atoms with Crippen LogP contribution in [0.2, 0.25) is 0 Å². The minimum atomic E-state index is -1.26. The van der Waals surface area contributed by atoms with E-state index >= 15 is 0 Å². The van der Waals surface area contributed by atoms with Crippen LogP contribution in [0.5, 0.6) is 0 Å². The second-order valence-corrected chi connectivity index (χ2v) is 5.61. The monoisotopic (exact) mass is 299 g/mol. The molecule has 5 heteroatoms. The molecule has 0 spiro atoms. The second kappa shape index (κ2) is 6.03. The molecule has 0 amide bonds. The highest BCUT2D eigenvalue weighted by atomic mass is 32.1. The van der Waals surface area contributed by atoms with Gasteiger partial charge in [-0.15, -0.1) is 11.3 Å². The van der Waals surface area contributed by atoms with Crippen molar-refractivity contribution in [1.82, 2.24) is 4.98 Å². The van der Waals surface area contributed by atoms with Crippen LogP contribution in [0.25, 0.3) is 10.2 Å². The lowest BCUT2D eigenvalue weighted by Gasteiger charge is -2.09. The summed E-state index contributed by atoms with van der Waals surface area (Å²) in [5, 5.41) is 10.6. The molecule has 2 aromatic carbocycles. The van der Waals surface area contributed by atoms with Gasteiger partial charge in [-0.3, -0.25) is 0 Å². The van der Waals surface area contributed by atoms with Gasteiger partial charge in [-0.1, -0.05) is 42.5 Å². The molecule has 4 nitrogen and oxygen atoms in total. The van der Waals surface area contributed by atoms with Crippen molar-refractivity contribution in [1.29, 1.82) is 0 Å². The molecule has 0 aliphatic carbocycles. The largest absolute Gasteiger partial charge is 0.456 e. The van der Waals surface area contributed by atoms with Crippen LogP contribution in [0.3, 0.4) is 0 Å². The number of hydrogen-bond donors (Lipinski definition) is 1. The van der Waals surface area contributed by atoms with Crippen molar-refractivity contribution < 1.29 is 14.6 Å². The molecule has 3 rings (SSSR count). The van der Waals surface area contributed by atoms with Gasteiger partial charge in [0.15, 0.2) is 6.10 Å². The van der Waals surface area contributed by atoms with Crippen LogP contribution in [0, 0.1) is 0 Å². The number of thiazole rings is 1. The first-order valence-corrected chi connectivity index (χ1v) is 7.30. The molecular weight excluding hydrogens is 286 g/mol. The van der Waals surface area contributed by atoms with Gasteiger partial charge in [-0.05, 0) is 17.7 Å². The van der Waals surface area contributed by atoms with Crippen LogP contribution in [-0.2, 0) is 16.1 Å². The zero-order chi connectivity index (χ0) is 14.7. The SMILES string of the molecule is O=C(OCc1nc2ccccc2s1)C(O)c1ccccc1. The van der Waals surface area contributed by atoms with Gasteiger partial charge in [0.05, 0.1) is 10.2 Å². The summed E-state index contributed by atoms with van der Waals surface area (Å²) in [5.41, 5.74) is 1.41. The van der Waals surface area contributed by atoms with Gasteiger partial charge >= 0.3 is 5.97 Å². The molecule has 1 aromatic heterocycles. The minimum Gasteiger partial charge on any atom is -0.456 e. The van der Waals surface area contributed by atoms with Crippen LogP contribution in [-0.4, -0.2) is 16.1 Å². The summed E-state index contributed by atoms with van der Waals surface area (Å²) in [6.45, 7) is 0.0715. The molecule has 0 aliphatic heterocycles. The Kier molecular flexibility index (Phi) is 3.94. The number of aliphatic hydroxyl groups excluding tert-OH is 1. The van der Waals surface area contributed by atoms with Gasteiger partial charge in [-0.2, -0.15) is 0 Å². The molecule has 0 radical (unpaired) electrons. The van der Waals surface area contributed by atoms with Crippen LogP contribution < -0.4 is 0 Å². The van der Waals surface area contributed by atoms with Crippen LogP contribution in [0.1, 0.15) is 16.7 Å². The summed E-state index contributed by atoms with van der Waals surface area (Å²) < 4.78 is 6.18. The van der Waals surface area contributed by atoms with E-state index in [1.165, 1.54) is 11.3 Å². The third-order valence-electron chi connectivity index (χ3n) is 3.01. The molecule has 1 heterocycles. The molecule has 0 saturated heterocycles.